The third-order valence-electron chi connectivity index (χ3n) is 3.85. The van der Waals surface area contributed by atoms with E-state index in [9.17, 15) is 4.79 Å². The van der Waals surface area contributed by atoms with Crippen LogP contribution in [-0.2, 0) is 10.5 Å². The Kier molecular flexibility index (Phi) is 7.30. The van der Waals surface area contributed by atoms with Crippen molar-refractivity contribution in [1.82, 2.24) is 10.4 Å². The van der Waals surface area contributed by atoms with E-state index in [2.05, 4.69) is 31.4 Å². The summed E-state index contributed by atoms with van der Waals surface area (Å²) in [5.41, 5.74) is 5.02. The molecule has 0 radical (unpaired) electrons. The number of aromatic nitrogens is 1. The summed E-state index contributed by atoms with van der Waals surface area (Å²) in [5.74, 6) is 1.58. The number of methoxy groups -OCH3 is 1. The molecule has 0 bridgehead atoms. The molecule has 144 valence electrons. The molecule has 28 heavy (non-hydrogen) atoms. The van der Waals surface area contributed by atoms with Gasteiger partial charge in [-0.15, -0.1) is 11.8 Å². The van der Waals surface area contributed by atoms with E-state index in [1.807, 2.05) is 48.5 Å². The highest BCUT2D eigenvalue weighted by Crippen LogP contribution is 2.23. The Morgan fingerprint density at radius 2 is 2.14 bits per heavy atom. The van der Waals surface area contributed by atoms with Gasteiger partial charge in [-0.2, -0.15) is 5.10 Å². The monoisotopic (exact) mass is 477 g/mol. The van der Waals surface area contributed by atoms with Crippen LogP contribution in [0.25, 0.3) is 10.9 Å². The summed E-state index contributed by atoms with van der Waals surface area (Å²) in [7, 11) is 1.60. The maximum Gasteiger partial charge on any atom is 0.250 e. The van der Waals surface area contributed by atoms with Crippen molar-refractivity contribution >= 4 is 62.3 Å². The summed E-state index contributed by atoms with van der Waals surface area (Å²) in [4.78, 5) is 16.3. The fraction of sp³-hybridized carbons (Fsp3) is 0.150. The first kappa shape index (κ1) is 20.6. The van der Waals surface area contributed by atoms with E-state index in [1.54, 1.807) is 7.11 Å². The lowest BCUT2D eigenvalue weighted by molar-refractivity contribution is -0.118. The third-order valence-corrected chi connectivity index (χ3v) is 5.90. The van der Waals surface area contributed by atoms with Crippen LogP contribution in [0.15, 0.2) is 58.1 Å². The number of fused-ring (bicyclic) bond motifs is 1. The van der Waals surface area contributed by atoms with E-state index >= 15 is 0 Å². The minimum atomic E-state index is -0.178. The number of halogens is 2. The number of benzene rings is 2. The van der Waals surface area contributed by atoms with Crippen LogP contribution in [0.2, 0.25) is 5.15 Å². The smallest absolute Gasteiger partial charge is 0.250 e. The topological polar surface area (TPSA) is 63.6 Å². The lowest BCUT2D eigenvalue weighted by Crippen LogP contribution is -2.19. The fourth-order valence-electron chi connectivity index (χ4n) is 2.43. The minimum absolute atomic E-state index is 0.178. The molecule has 0 unspecified atom stereocenters. The molecule has 8 heteroatoms. The van der Waals surface area contributed by atoms with Gasteiger partial charge in [0.05, 0.1) is 24.6 Å². The van der Waals surface area contributed by atoms with E-state index in [-0.39, 0.29) is 5.91 Å². The second kappa shape index (κ2) is 9.91. The Morgan fingerprint density at radius 3 is 2.93 bits per heavy atom. The maximum atomic E-state index is 12.0. The summed E-state index contributed by atoms with van der Waals surface area (Å²) in [6, 6.07) is 15.4. The van der Waals surface area contributed by atoms with Crippen molar-refractivity contribution in [2.24, 2.45) is 5.10 Å². The van der Waals surface area contributed by atoms with Crippen LogP contribution in [0.5, 0.6) is 5.75 Å². The van der Waals surface area contributed by atoms with Crippen molar-refractivity contribution < 1.29 is 9.53 Å². The molecule has 0 aliphatic heterocycles. The van der Waals surface area contributed by atoms with Gasteiger partial charge in [0.1, 0.15) is 10.9 Å². The van der Waals surface area contributed by atoms with Gasteiger partial charge in [0.2, 0.25) is 5.91 Å². The van der Waals surface area contributed by atoms with Crippen molar-refractivity contribution in [3.8, 4) is 5.75 Å². The highest BCUT2D eigenvalue weighted by atomic mass is 79.9. The van der Waals surface area contributed by atoms with Crippen molar-refractivity contribution in [3.63, 3.8) is 0 Å². The molecule has 0 saturated carbocycles. The predicted molar refractivity (Wildman–Crippen MR) is 119 cm³/mol. The molecule has 0 aliphatic rings. The Labute approximate surface area is 180 Å². The lowest BCUT2D eigenvalue weighted by Gasteiger charge is -2.05. The van der Waals surface area contributed by atoms with Gasteiger partial charge >= 0.3 is 0 Å². The summed E-state index contributed by atoms with van der Waals surface area (Å²) in [6.45, 7) is 0. The van der Waals surface area contributed by atoms with Crippen LogP contribution in [-0.4, -0.2) is 30.0 Å². The molecule has 1 N–H and O–H groups in total. The third kappa shape index (κ3) is 5.47. The van der Waals surface area contributed by atoms with Crippen LogP contribution in [0.3, 0.4) is 0 Å². The number of rotatable bonds is 7. The molecule has 1 heterocycles. The predicted octanol–water partition coefficient (Wildman–Crippen LogP) is 5.04. The van der Waals surface area contributed by atoms with E-state index < -0.39 is 0 Å². The number of pyridine rings is 1. The molecule has 0 saturated heterocycles. The summed E-state index contributed by atoms with van der Waals surface area (Å²) >= 11 is 11.2. The van der Waals surface area contributed by atoms with Crippen molar-refractivity contribution in [1.29, 1.82) is 0 Å². The maximum absolute atomic E-state index is 12.0. The van der Waals surface area contributed by atoms with E-state index in [0.29, 0.717) is 22.2 Å². The molecule has 3 rings (SSSR count). The first-order valence-electron chi connectivity index (χ1n) is 8.34. The molecule has 1 aromatic heterocycles. The van der Waals surface area contributed by atoms with Gasteiger partial charge in [-0.25, -0.2) is 10.4 Å². The summed E-state index contributed by atoms with van der Waals surface area (Å²) < 4.78 is 6.23. The highest BCUT2D eigenvalue weighted by molar-refractivity contribution is 9.10. The SMILES string of the molecule is COc1ccc2cc(/C=N\NC(=O)CSCc3ccccc3Br)c(Cl)nc2c1. The molecule has 1 amide bonds. The molecular formula is C20H17BrClN3O2S. The standard InChI is InChI=1S/C20H17BrClN3O2S/c1-27-16-7-6-13-8-15(20(22)24-18(13)9-16)10-23-25-19(26)12-28-11-14-4-2-3-5-17(14)21/h2-10H,11-12H2,1H3,(H,25,26)/b23-10-. The van der Waals surface area contributed by atoms with Crippen molar-refractivity contribution in [2.75, 3.05) is 12.9 Å². The molecule has 5 nitrogen and oxygen atoms in total. The van der Waals surface area contributed by atoms with Crippen LogP contribution in [0, 0.1) is 0 Å². The lowest BCUT2D eigenvalue weighted by atomic mass is 10.1. The van der Waals surface area contributed by atoms with Gasteiger partial charge in [-0.05, 0) is 29.8 Å². The van der Waals surface area contributed by atoms with Crippen LogP contribution >= 0.6 is 39.3 Å². The number of carbonyl (C=O) groups excluding carboxylic acids is 1. The van der Waals surface area contributed by atoms with E-state index in [0.717, 1.165) is 26.7 Å². The average Bonchev–Trinajstić information content (AvgIpc) is 2.69. The molecule has 0 aliphatic carbocycles. The van der Waals surface area contributed by atoms with Crippen LogP contribution in [0.1, 0.15) is 11.1 Å². The second-order valence-electron chi connectivity index (χ2n) is 5.80. The van der Waals surface area contributed by atoms with E-state index in [4.69, 9.17) is 16.3 Å². The number of hydrogen-bond donors (Lipinski definition) is 1. The van der Waals surface area contributed by atoms with Gasteiger partial charge < -0.3 is 4.74 Å². The Balaban J connectivity index is 1.55. The number of hydrazone groups is 1. The molecule has 0 fully saturated rings. The molecule has 0 atom stereocenters. The molecular weight excluding hydrogens is 462 g/mol. The fourth-order valence-corrected chi connectivity index (χ4v) is 4.06. The Morgan fingerprint density at radius 1 is 1.32 bits per heavy atom. The minimum Gasteiger partial charge on any atom is -0.497 e. The number of carbonyl (C=O) groups is 1. The quantitative estimate of drug-likeness (QED) is 0.293. The Bertz CT molecular complexity index is 1030. The molecule has 2 aromatic carbocycles. The summed E-state index contributed by atoms with van der Waals surface area (Å²) in [5, 5.41) is 5.20. The number of nitrogens with zero attached hydrogens (tertiary/aromatic N) is 2. The second-order valence-corrected chi connectivity index (χ2v) is 8.00. The zero-order chi connectivity index (χ0) is 19.9. The zero-order valence-electron chi connectivity index (χ0n) is 15.0. The largest absolute Gasteiger partial charge is 0.497 e. The number of ether oxygens (including phenoxy) is 1. The van der Waals surface area contributed by atoms with Gasteiger partial charge in [0, 0.05) is 27.2 Å². The first-order chi connectivity index (χ1) is 13.6. The van der Waals surface area contributed by atoms with Crippen molar-refractivity contribution in [3.05, 3.63) is 69.3 Å². The molecule has 0 spiro atoms. The van der Waals surface area contributed by atoms with Gasteiger partial charge in [-0.3, -0.25) is 4.79 Å². The normalized spacial score (nSPS) is 11.1. The molecule has 3 aromatic rings. The first-order valence-corrected chi connectivity index (χ1v) is 10.7. The highest BCUT2D eigenvalue weighted by Gasteiger charge is 2.06. The van der Waals surface area contributed by atoms with E-state index in [1.165, 1.54) is 18.0 Å². The van der Waals surface area contributed by atoms with Gasteiger partial charge in [-0.1, -0.05) is 45.7 Å². The Hall–Kier alpha value is -2.09. The zero-order valence-corrected chi connectivity index (χ0v) is 18.1. The van der Waals surface area contributed by atoms with Gasteiger partial charge in [0.15, 0.2) is 0 Å². The van der Waals surface area contributed by atoms with Crippen LogP contribution < -0.4 is 10.2 Å². The average molecular weight is 479 g/mol. The van der Waals surface area contributed by atoms with Crippen LogP contribution in [0.4, 0.5) is 0 Å². The van der Waals surface area contributed by atoms with Gasteiger partial charge in [0.25, 0.3) is 0 Å². The summed E-state index contributed by atoms with van der Waals surface area (Å²) in [6.07, 6.45) is 1.50. The number of thioether (sulfide) groups is 1. The number of amides is 1. The number of nitrogens with one attached hydrogen (secondary N) is 1. The number of hydrogen-bond acceptors (Lipinski definition) is 5. The van der Waals surface area contributed by atoms with Crippen molar-refractivity contribution in [2.45, 2.75) is 5.75 Å².